The molecule has 1 fully saturated rings. The van der Waals surface area contributed by atoms with E-state index in [9.17, 15) is 13.6 Å². The number of nitrogens with one attached hydrogen (secondary N) is 1. The number of hydrogen-bond donors (Lipinski definition) is 1. The van der Waals surface area contributed by atoms with E-state index >= 15 is 0 Å². The molecule has 1 aromatic rings. The normalized spacial score (nSPS) is 19.5. The third-order valence-corrected chi connectivity index (χ3v) is 3.98. The van der Waals surface area contributed by atoms with Gasteiger partial charge in [0.2, 0.25) is 5.91 Å². The molecule has 0 bridgehead atoms. The van der Waals surface area contributed by atoms with Crippen LogP contribution in [-0.4, -0.2) is 30.9 Å². The lowest BCUT2D eigenvalue weighted by Gasteiger charge is -2.31. The minimum atomic E-state index is -0.492. The van der Waals surface area contributed by atoms with Crippen LogP contribution >= 0.6 is 12.4 Å². The van der Waals surface area contributed by atoms with Crippen molar-refractivity contribution < 1.29 is 13.6 Å². The summed E-state index contributed by atoms with van der Waals surface area (Å²) < 4.78 is 27.0. The van der Waals surface area contributed by atoms with E-state index in [1.807, 2.05) is 0 Å². The van der Waals surface area contributed by atoms with Crippen LogP contribution in [0.3, 0.4) is 0 Å². The standard InChI is InChI=1S/C15H20F2N2O.ClH/c1-10(13-8-12(16)5-6-14(13)17)19(2)15(20)11-4-3-7-18-9-11;/h5-6,8,10-11,18H,3-4,7,9H2,1-2H3;1H. The first-order valence-electron chi connectivity index (χ1n) is 6.93. The Morgan fingerprint density at radius 2 is 2.14 bits per heavy atom. The summed E-state index contributed by atoms with van der Waals surface area (Å²) in [6, 6.07) is 2.85. The minimum absolute atomic E-state index is 0. The molecule has 2 rings (SSSR count). The highest BCUT2D eigenvalue weighted by Gasteiger charge is 2.28. The maximum Gasteiger partial charge on any atom is 0.227 e. The fraction of sp³-hybridized carbons (Fsp3) is 0.533. The van der Waals surface area contributed by atoms with Crippen molar-refractivity contribution in [1.82, 2.24) is 10.2 Å². The van der Waals surface area contributed by atoms with Crippen molar-refractivity contribution in [2.75, 3.05) is 20.1 Å². The smallest absolute Gasteiger partial charge is 0.227 e. The number of carbonyl (C=O) groups excluding carboxylic acids is 1. The average molecular weight is 319 g/mol. The summed E-state index contributed by atoms with van der Waals surface area (Å²) in [6.07, 6.45) is 1.81. The van der Waals surface area contributed by atoms with Crippen molar-refractivity contribution in [1.29, 1.82) is 0 Å². The highest BCUT2D eigenvalue weighted by atomic mass is 35.5. The molecular weight excluding hydrogens is 298 g/mol. The largest absolute Gasteiger partial charge is 0.339 e. The van der Waals surface area contributed by atoms with E-state index < -0.39 is 17.7 Å². The van der Waals surface area contributed by atoms with Gasteiger partial charge in [-0.1, -0.05) is 0 Å². The maximum atomic E-state index is 13.8. The van der Waals surface area contributed by atoms with Gasteiger partial charge in [-0.25, -0.2) is 8.78 Å². The second-order valence-electron chi connectivity index (χ2n) is 5.33. The van der Waals surface area contributed by atoms with Gasteiger partial charge in [0.15, 0.2) is 0 Å². The Kier molecular flexibility index (Phi) is 6.55. The Labute approximate surface area is 130 Å². The van der Waals surface area contributed by atoms with Crippen molar-refractivity contribution >= 4 is 18.3 Å². The zero-order valence-electron chi connectivity index (χ0n) is 12.2. The molecular formula is C15H21ClF2N2O. The highest BCUT2D eigenvalue weighted by Crippen LogP contribution is 2.25. The lowest BCUT2D eigenvalue weighted by Crippen LogP contribution is -2.42. The number of amides is 1. The van der Waals surface area contributed by atoms with Gasteiger partial charge in [0.25, 0.3) is 0 Å². The van der Waals surface area contributed by atoms with Crippen LogP contribution in [0.5, 0.6) is 0 Å². The monoisotopic (exact) mass is 318 g/mol. The highest BCUT2D eigenvalue weighted by molar-refractivity contribution is 5.85. The molecule has 118 valence electrons. The first-order chi connectivity index (χ1) is 9.50. The summed E-state index contributed by atoms with van der Waals surface area (Å²) in [5.41, 5.74) is 0.213. The zero-order chi connectivity index (χ0) is 14.7. The molecule has 1 N–H and O–H groups in total. The summed E-state index contributed by atoms with van der Waals surface area (Å²) in [4.78, 5) is 13.9. The fourth-order valence-electron chi connectivity index (χ4n) is 2.58. The van der Waals surface area contributed by atoms with Gasteiger partial charge in [-0.3, -0.25) is 4.79 Å². The van der Waals surface area contributed by atoms with E-state index in [2.05, 4.69) is 5.32 Å². The summed E-state index contributed by atoms with van der Waals surface area (Å²) in [6.45, 7) is 3.30. The second kappa shape index (κ2) is 7.71. The van der Waals surface area contributed by atoms with Gasteiger partial charge >= 0.3 is 0 Å². The number of halogens is 3. The first-order valence-corrected chi connectivity index (χ1v) is 6.93. The van der Waals surface area contributed by atoms with E-state index in [-0.39, 0.29) is 29.8 Å². The van der Waals surface area contributed by atoms with Crippen LogP contribution in [0.1, 0.15) is 31.4 Å². The van der Waals surface area contributed by atoms with Crippen LogP contribution in [-0.2, 0) is 4.79 Å². The molecule has 1 heterocycles. The number of rotatable bonds is 3. The van der Waals surface area contributed by atoms with Gasteiger partial charge in [-0.2, -0.15) is 0 Å². The predicted octanol–water partition coefficient (Wildman–Crippen LogP) is 2.91. The van der Waals surface area contributed by atoms with Crippen molar-refractivity contribution in [3.63, 3.8) is 0 Å². The number of hydrogen-bond acceptors (Lipinski definition) is 2. The lowest BCUT2D eigenvalue weighted by atomic mass is 9.96. The van der Waals surface area contributed by atoms with E-state index in [1.54, 1.807) is 14.0 Å². The Morgan fingerprint density at radius 1 is 1.43 bits per heavy atom. The second-order valence-corrected chi connectivity index (χ2v) is 5.33. The molecule has 6 heteroatoms. The van der Waals surface area contributed by atoms with Gasteiger partial charge < -0.3 is 10.2 Å². The SMILES string of the molecule is CC(c1cc(F)ccc1F)N(C)C(=O)C1CCCNC1.Cl. The van der Waals surface area contributed by atoms with Crippen LogP contribution in [0.15, 0.2) is 18.2 Å². The first kappa shape index (κ1) is 17.9. The summed E-state index contributed by atoms with van der Waals surface area (Å²) >= 11 is 0. The Morgan fingerprint density at radius 3 is 2.76 bits per heavy atom. The van der Waals surface area contributed by atoms with Gasteiger partial charge in [0.05, 0.1) is 12.0 Å². The number of carbonyl (C=O) groups is 1. The Bertz CT molecular complexity index is 493. The van der Waals surface area contributed by atoms with Gasteiger partial charge in [0, 0.05) is 19.2 Å². The summed E-state index contributed by atoms with van der Waals surface area (Å²) in [7, 11) is 1.64. The molecule has 0 spiro atoms. The van der Waals surface area contributed by atoms with Crippen LogP contribution in [0, 0.1) is 17.6 Å². The predicted molar refractivity (Wildman–Crippen MR) is 80.4 cm³/mol. The van der Waals surface area contributed by atoms with Crippen LogP contribution in [0.25, 0.3) is 0 Å². The van der Waals surface area contributed by atoms with E-state index in [4.69, 9.17) is 0 Å². The van der Waals surface area contributed by atoms with E-state index in [1.165, 1.54) is 4.90 Å². The topological polar surface area (TPSA) is 32.3 Å². The maximum absolute atomic E-state index is 13.8. The summed E-state index contributed by atoms with van der Waals surface area (Å²) in [5, 5.41) is 3.19. The molecule has 1 aliphatic rings. The van der Waals surface area contributed by atoms with Crippen molar-refractivity contribution in [3.05, 3.63) is 35.4 Å². The molecule has 1 aromatic carbocycles. The molecule has 21 heavy (non-hydrogen) atoms. The molecule has 1 amide bonds. The van der Waals surface area contributed by atoms with Crippen molar-refractivity contribution in [2.24, 2.45) is 5.92 Å². The molecule has 2 unspecified atom stereocenters. The zero-order valence-corrected chi connectivity index (χ0v) is 13.1. The molecule has 0 aromatic heterocycles. The lowest BCUT2D eigenvalue weighted by molar-refractivity contribution is -0.136. The Balaban J connectivity index is 0.00000220. The third-order valence-electron chi connectivity index (χ3n) is 3.98. The molecule has 0 saturated carbocycles. The van der Waals surface area contributed by atoms with Crippen molar-refractivity contribution in [2.45, 2.75) is 25.8 Å². The molecule has 0 aliphatic carbocycles. The Hall–Kier alpha value is -1.20. The number of nitrogens with zero attached hydrogens (tertiary/aromatic N) is 1. The van der Waals surface area contributed by atoms with Crippen molar-refractivity contribution in [3.8, 4) is 0 Å². The number of piperidine rings is 1. The quantitative estimate of drug-likeness (QED) is 0.929. The molecule has 0 radical (unpaired) electrons. The fourth-order valence-corrected chi connectivity index (χ4v) is 2.58. The van der Waals surface area contributed by atoms with Crippen LogP contribution < -0.4 is 5.32 Å². The van der Waals surface area contributed by atoms with Gasteiger partial charge in [-0.15, -0.1) is 12.4 Å². The average Bonchev–Trinajstić information content (AvgIpc) is 2.48. The summed E-state index contributed by atoms with van der Waals surface area (Å²) in [5.74, 6) is -1.07. The van der Waals surface area contributed by atoms with Gasteiger partial charge in [-0.05, 0) is 44.5 Å². The minimum Gasteiger partial charge on any atom is -0.339 e. The molecule has 3 nitrogen and oxygen atoms in total. The van der Waals surface area contributed by atoms with Gasteiger partial charge in [0.1, 0.15) is 11.6 Å². The van der Waals surface area contributed by atoms with E-state index in [0.29, 0.717) is 6.54 Å². The van der Waals surface area contributed by atoms with Crippen LogP contribution in [0.2, 0.25) is 0 Å². The van der Waals surface area contributed by atoms with E-state index in [0.717, 1.165) is 37.6 Å². The molecule has 2 atom stereocenters. The number of benzene rings is 1. The van der Waals surface area contributed by atoms with Crippen LogP contribution in [0.4, 0.5) is 8.78 Å². The molecule has 1 aliphatic heterocycles. The third kappa shape index (κ3) is 4.14. The molecule has 1 saturated heterocycles.